The van der Waals surface area contributed by atoms with Crippen molar-refractivity contribution in [2.75, 3.05) is 20.8 Å². The number of ether oxygens (including phenoxy) is 7. The van der Waals surface area contributed by atoms with Crippen LogP contribution in [0.15, 0.2) is 28.8 Å². The van der Waals surface area contributed by atoms with Gasteiger partial charge in [-0.05, 0) is 18.2 Å². The summed E-state index contributed by atoms with van der Waals surface area (Å²) in [4.78, 5) is 47.4. The number of rotatable bonds is 10. The van der Waals surface area contributed by atoms with E-state index in [0.717, 1.165) is 13.8 Å². The van der Waals surface area contributed by atoms with Gasteiger partial charge in [-0.1, -0.05) is 5.16 Å². The number of carbonyl (C=O) groups excluding carboxylic acids is 4. The van der Waals surface area contributed by atoms with Crippen LogP contribution in [-0.4, -0.2) is 80.4 Å². The summed E-state index contributed by atoms with van der Waals surface area (Å²) < 4.78 is 43.7. The van der Waals surface area contributed by atoms with E-state index in [-0.39, 0.29) is 13.0 Å². The average Bonchev–Trinajstić information content (AvgIpc) is 3.33. The van der Waals surface area contributed by atoms with Crippen LogP contribution in [0.5, 0.6) is 11.5 Å². The van der Waals surface area contributed by atoms with Crippen molar-refractivity contribution >= 4 is 23.9 Å². The van der Waals surface area contributed by atoms with Gasteiger partial charge in [0.25, 0.3) is 0 Å². The number of hydrogen-bond donors (Lipinski definition) is 0. The lowest BCUT2D eigenvalue weighted by Gasteiger charge is -2.44. The maximum Gasteiger partial charge on any atom is 0.303 e. The predicted octanol–water partition coefficient (Wildman–Crippen LogP) is 2.03. The Kier molecular flexibility index (Phi) is 9.88. The third-order valence-electron chi connectivity index (χ3n) is 5.72. The van der Waals surface area contributed by atoms with Gasteiger partial charge >= 0.3 is 23.9 Å². The normalized spacial score (nSPS) is 22.4. The molecule has 212 valence electrons. The lowest BCUT2D eigenvalue weighted by atomic mass is 9.91. The first kappa shape index (κ1) is 29.4. The Balaban J connectivity index is 1.95. The fraction of sp³-hybridized carbons (Fsp3) is 0.500. The first-order chi connectivity index (χ1) is 18.5. The van der Waals surface area contributed by atoms with E-state index in [4.69, 9.17) is 37.7 Å². The Hall–Kier alpha value is -4.13. The van der Waals surface area contributed by atoms with Crippen LogP contribution in [0.4, 0.5) is 0 Å². The van der Waals surface area contributed by atoms with E-state index < -0.39 is 54.4 Å². The molecule has 0 saturated carbocycles. The highest BCUT2D eigenvalue weighted by atomic mass is 16.7. The van der Waals surface area contributed by atoms with E-state index in [1.807, 2.05) is 0 Å². The summed E-state index contributed by atoms with van der Waals surface area (Å²) in [6, 6.07) is 6.86. The molecule has 1 fully saturated rings. The molecule has 5 atom stereocenters. The smallest absolute Gasteiger partial charge is 0.303 e. The molecule has 1 aromatic carbocycles. The van der Waals surface area contributed by atoms with Gasteiger partial charge in [0.05, 0.1) is 19.9 Å². The summed E-state index contributed by atoms with van der Waals surface area (Å²) >= 11 is 0. The topological polar surface area (TPSA) is 159 Å². The molecule has 0 amide bonds. The molecular formula is C26H31NO12. The second-order valence-corrected chi connectivity index (χ2v) is 8.69. The van der Waals surface area contributed by atoms with Crippen molar-refractivity contribution in [3.8, 4) is 22.8 Å². The van der Waals surface area contributed by atoms with Crippen molar-refractivity contribution in [3.63, 3.8) is 0 Å². The number of methoxy groups -OCH3 is 2. The van der Waals surface area contributed by atoms with Gasteiger partial charge in [-0.25, -0.2) is 0 Å². The fourth-order valence-electron chi connectivity index (χ4n) is 4.22. The van der Waals surface area contributed by atoms with E-state index in [9.17, 15) is 19.2 Å². The minimum absolute atomic E-state index is 0.0376. The number of esters is 4. The number of aromatic nitrogens is 1. The second kappa shape index (κ2) is 13.1. The number of nitrogens with zero attached hydrogens (tertiary/aromatic N) is 1. The third kappa shape index (κ3) is 7.69. The van der Waals surface area contributed by atoms with E-state index in [2.05, 4.69) is 5.16 Å². The predicted molar refractivity (Wildman–Crippen MR) is 131 cm³/mol. The van der Waals surface area contributed by atoms with Gasteiger partial charge in [0.15, 0.2) is 35.6 Å². The average molecular weight is 550 g/mol. The number of hydrogen-bond acceptors (Lipinski definition) is 13. The molecule has 13 nitrogen and oxygen atoms in total. The van der Waals surface area contributed by atoms with Crippen LogP contribution in [-0.2, 0) is 49.3 Å². The number of carbonyl (C=O) groups is 4. The Morgan fingerprint density at radius 3 is 1.92 bits per heavy atom. The van der Waals surface area contributed by atoms with Gasteiger partial charge in [-0.15, -0.1) is 0 Å². The molecule has 0 radical (unpaired) electrons. The largest absolute Gasteiger partial charge is 0.493 e. The molecule has 3 rings (SSSR count). The molecule has 2 heterocycles. The molecule has 0 bridgehead atoms. The highest BCUT2D eigenvalue weighted by Crippen LogP contribution is 2.34. The molecule has 1 aliphatic heterocycles. The Labute approximate surface area is 224 Å². The fourth-order valence-corrected chi connectivity index (χ4v) is 4.22. The molecule has 0 spiro atoms. The van der Waals surface area contributed by atoms with E-state index >= 15 is 0 Å². The van der Waals surface area contributed by atoms with Crippen molar-refractivity contribution in [1.82, 2.24) is 5.16 Å². The molecule has 2 aromatic rings. The van der Waals surface area contributed by atoms with Crippen molar-refractivity contribution < 1.29 is 56.9 Å². The molecule has 13 heteroatoms. The highest BCUT2D eigenvalue weighted by Gasteiger charge is 2.52. The maximum absolute atomic E-state index is 12.0. The lowest BCUT2D eigenvalue weighted by molar-refractivity contribution is -0.252. The minimum atomic E-state index is -1.26. The first-order valence-electron chi connectivity index (χ1n) is 12.0. The maximum atomic E-state index is 12.0. The van der Waals surface area contributed by atoms with Crippen LogP contribution in [0, 0.1) is 0 Å². The third-order valence-corrected chi connectivity index (χ3v) is 5.72. The summed E-state index contributed by atoms with van der Waals surface area (Å²) in [6.07, 6.45) is -5.64. The van der Waals surface area contributed by atoms with Crippen molar-refractivity contribution in [2.45, 2.75) is 64.6 Å². The molecule has 1 aromatic heterocycles. The first-order valence-corrected chi connectivity index (χ1v) is 12.0. The zero-order chi connectivity index (χ0) is 28.7. The lowest BCUT2D eigenvalue weighted by Crippen LogP contribution is -2.62. The molecule has 1 aliphatic rings. The zero-order valence-corrected chi connectivity index (χ0v) is 22.5. The molecule has 1 saturated heterocycles. The standard InChI is InChI=1S/C26H31NO12/c1-13(28)34-12-23-25(36-15(3)30)26(37-16(4)31)24(35-14(2)29)22(38-23)11-18-10-20(39-27-18)17-7-8-19(32-5)21(9-17)33-6/h7-10,22-26H,11-12H2,1-6H3/t22-,23+,24-,25+,26+/m0/s1. The molecule has 0 unspecified atom stereocenters. The van der Waals surface area contributed by atoms with Gasteiger partial charge < -0.3 is 37.7 Å². The Morgan fingerprint density at radius 1 is 0.769 bits per heavy atom. The summed E-state index contributed by atoms with van der Waals surface area (Å²) in [5.41, 5.74) is 1.08. The summed E-state index contributed by atoms with van der Waals surface area (Å²) in [7, 11) is 3.04. The molecule has 0 N–H and O–H groups in total. The molecule has 39 heavy (non-hydrogen) atoms. The van der Waals surface area contributed by atoms with Crippen LogP contribution >= 0.6 is 0 Å². The summed E-state index contributed by atoms with van der Waals surface area (Å²) in [6.45, 7) is 4.39. The van der Waals surface area contributed by atoms with Gasteiger partial charge in [0.1, 0.15) is 18.8 Å². The SMILES string of the molecule is COc1ccc(-c2cc(C[C@@H]3O[C@H](COC(C)=O)[C@@H](OC(C)=O)[C@H](OC(C)=O)[C@H]3OC(C)=O)no2)cc1OC. The van der Waals surface area contributed by atoms with Crippen molar-refractivity contribution in [2.24, 2.45) is 0 Å². The zero-order valence-electron chi connectivity index (χ0n) is 22.5. The summed E-state index contributed by atoms with van der Waals surface area (Å²) in [5.74, 6) is -1.25. The van der Waals surface area contributed by atoms with E-state index in [0.29, 0.717) is 28.5 Å². The van der Waals surface area contributed by atoms with Crippen molar-refractivity contribution in [3.05, 3.63) is 30.0 Å². The van der Waals surface area contributed by atoms with E-state index in [1.165, 1.54) is 28.1 Å². The van der Waals surface area contributed by atoms with Crippen LogP contribution in [0.25, 0.3) is 11.3 Å². The van der Waals surface area contributed by atoms with Crippen molar-refractivity contribution in [1.29, 1.82) is 0 Å². The quantitative estimate of drug-likeness (QED) is 0.313. The number of benzene rings is 1. The molecular weight excluding hydrogens is 518 g/mol. The monoisotopic (exact) mass is 549 g/mol. The Bertz CT molecular complexity index is 1190. The minimum Gasteiger partial charge on any atom is -0.493 e. The van der Waals surface area contributed by atoms with Gasteiger partial charge in [0.2, 0.25) is 0 Å². The van der Waals surface area contributed by atoms with Gasteiger partial charge in [-0.2, -0.15) is 0 Å². The van der Waals surface area contributed by atoms with Gasteiger partial charge in [-0.3, -0.25) is 19.2 Å². The van der Waals surface area contributed by atoms with Crippen LogP contribution in [0.1, 0.15) is 33.4 Å². The summed E-state index contributed by atoms with van der Waals surface area (Å²) in [5, 5.41) is 4.10. The van der Waals surface area contributed by atoms with Crippen LogP contribution in [0.3, 0.4) is 0 Å². The highest BCUT2D eigenvalue weighted by molar-refractivity contribution is 5.69. The van der Waals surface area contributed by atoms with Crippen LogP contribution < -0.4 is 9.47 Å². The second-order valence-electron chi connectivity index (χ2n) is 8.69. The van der Waals surface area contributed by atoms with Gasteiger partial charge in [0, 0.05) is 45.7 Å². The Morgan fingerprint density at radius 2 is 1.36 bits per heavy atom. The van der Waals surface area contributed by atoms with E-state index in [1.54, 1.807) is 24.3 Å². The molecule has 0 aliphatic carbocycles. The van der Waals surface area contributed by atoms with Crippen LogP contribution in [0.2, 0.25) is 0 Å².